The van der Waals surface area contributed by atoms with Crippen LogP contribution in [0.5, 0.6) is 0 Å². The number of hydrogen-bond acceptors (Lipinski definition) is 2. The maximum Gasteiger partial charge on any atom is 0.0585 e. The van der Waals surface area contributed by atoms with Gasteiger partial charge in [0.2, 0.25) is 0 Å². The summed E-state index contributed by atoms with van der Waals surface area (Å²) in [5, 5.41) is 0. The smallest absolute Gasteiger partial charge is 0.0585 e. The number of nitrogens with zero attached hydrogens (tertiary/aromatic N) is 2. The lowest BCUT2D eigenvalue weighted by atomic mass is 9.89. The van der Waals surface area contributed by atoms with Crippen LogP contribution in [0.4, 0.5) is 22.7 Å². The molecule has 10 aromatic carbocycles. The molecule has 0 aliphatic heterocycles. The van der Waals surface area contributed by atoms with E-state index in [0.717, 1.165) is 34.9 Å². The zero-order valence-electron chi connectivity index (χ0n) is 37.8. The molecule has 0 N–H and O–H groups in total. The number of benzene rings is 10. The van der Waals surface area contributed by atoms with E-state index in [1.54, 1.807) is 0 Å². The molecule has 2 heteroatoms. The van der Waals surface area contributed by atoms with Crippen LogP contribution < -0.4 is 9.80 Å². The number of allylic oxidation sites excluding steroid dienone is 1. The second kappa shape index (κ2) is 19.4. The summed E-state index contributed by atoms with van der Waals surface area (Å²) in [6, 6.07) is 98.5. The fraction of sp³-hybridized carbons (Fsp3) is 0.0303. The summed E-state index contributed by atoms with van der Waals surface area (Å²) in [4.78, 5) is 4.97. The molecule has 0 amide bonds. The van der Waals surface area contributed by atoms with Crippen LogP contribution in [0.1, 0.15) is 12.0 Å². The van der Waals surface area contributed by atoms with Gasteiger partial charge in [-0.1, -0.05) is 224 Å². The van der Waals surface area contributed by atoms with Gasteiger partial charge in [-0.05, 0) is 134 Å². The Kier molecular flexibility index (Phi) is 12.0. The molecule has 0 spiro atoms. The quantitative estimate of drug-likeness (QED) is 0.121. The molecular weight excluding hydrogens is 821 g/mol. The number of hydrogen-bond donors (Lipinski definition) is 0. The van der Waals surface area contributed by atoms with Gasteiger partial charge in [0.25, 0.3) is 0 Å². The molecule has 2 nitrogen and oxygen atoms in total. The van der Waals surface area contributed by atoms with E-state index in [0.29, 0.717) is 0 Å². The maximum atomic E-state index is 2.53. The predicted molar refractivity (Wildman–Crippen MR) is 288 cm³/mol. The highest BCUT2D eigenvalue weighted by molar-refractivity contribution is 5.83. The van der Waals surface area contributed by atoms with Crippen LogP contribution in [0.15, 0.2) is 291 Å². The normalized spacial score (nSPS) is 13.3. The Balaban J connectivity index is 1.07. The lowest BCUT2D eigenvalue weighted by Crippen LogP contribution is -2.33. The zero-order valence-corrected chi connectivity index (χ0v) is 37.8. The molecule has 11 rings (SSSR count). The minimum Gasteiger partial charge on any atom is -0.334 e. The Morgan fingerprint density at radius 2 is 0.500 bits per heavy atom. The van der Waals surface area contributed by atoms with Gasteiger partial charge in [-0.15, -0.1) is 0 Å². The van der Waals surface area contributed by atoms with Crippen molar-refractivity contribution in [2.75, 3.05) is 9.80 Å². The Morgan fingerprint density at radius 3 is 0.809 bits per heavy atom. The molecule has 1 unspecified atom stereocenters. The van der Waals surface area contributed by atoms with Gasteiger partial charge in [0.1, 0.15) is 0 Å². The minimum atomic E-state index is -0.0568. The molecular formula is C66H50N2. The summed E-state index contributed by atoms with van der Waals surface area (Å²) < 4.78 is 0. The Hall–Kier alpha value is -8.72. The Bertz CT molecular complexity index is 3110. The molecule has 0 bridgehead atoms. The largest absolute Gasteiger partial charge is 0.334 e. The summed E-state index contributed by atoms with van der Waals surface area (Å²) in [7, 11) is 0. The van der Waals surface area contributed by atoms with Crippen LogP contribution in [0.2, 0.25) is 0 Å². The summed E-state index contributed by atoms with van der Waals surface area (Å²) in [5.41, 5.74) is 20.0. The highest BCUT2D eigenvalue weighted by Gasteiger charge is 2.28. The SMILES string of the molecule is C1=C(c2ccc(-c3ccccc3)cc2)CC(N(c2ccc(-c3ccccc3)cc2)c2ccc(-c3ccccc3)cc2)C=C1N(c1ccc(-c2ccccc2)cc1)c1ccc(-c2ccccc2)cc1. The Morgan fingerprint density at radius 1 is 0.250 bits per heavy atom. The van der Waals surface area contributed by atoms with Crippen LogP contribution in [-0.4, -0.2) is 6.04 Å². The third-order valence-corrected chi connectivity index (χ3v) is 13.0. The van der Waals surface area contributed by atoms with Crippen molar-refractivity contribution >= 4 is 28.3 Å². The molecule has 1 aliphatic rings. The van der Waals surface area contributed by atoms with Crippen LogP contribution >= 0.6 is 0 Å². The van der Waals surface area contributed by atoms with Crippen molar-refractivity contribution in [3.8, 4) is 55.6 Å². The monoisotopic (exact) mass is 870 g/mol. The van der Waals surface area contributed by atoms with E-state index in [9.17, 15) is 0 Å². The van der Waals surface area contributed by atoms with E-state index >= 15 is 0 Å². The highest BCUT2D eigenvalue weighted by Crippen LogP contribution is 2.42. The molecule has 324 valence electrons. The number of rotatable bonds is 12. The van der Waals surface area contributed by atoms with E-state index in [-0.39, 0.29) is 6.04 Å². The van der Waals surface area contributed by atoms with Crippen molar-refractivity contribution in [1.82, 2.24) is 0 Å². The van der Waals surface area contributed by atoms with Crippen LogP contribution in [-0.2, 0) is 0 Å². The van der Waals surface area contributed by atoms with E-state index in [2.05, 4.69) is 295 Å². The second-order valence-corrected chi connectivity index (χ2v) is 17.3. The highest BCUT2D eigenvalue weighted by atomic mass is 15.2. The molecule has 0 radical (unpaired) electrons. The van der Waals surface area contributed by atoms with Gasteiger partial charge in [-0.3, -0.25) is 0 Å². The first-order chi connectivity index (χ1) is 33.7. The maximum absolute atomic E-state index is 2.53. The van der Waals surface area contributed by atoms with Crippen molar-refractivity contribution < 1.29 is 0 Å². The van der Waals surface area contributed by atoms with Gasteiger partial charge in [0, 0.05) is 28.4 Å². The predicted octanol–water partition coefficient (Wildman–Crippen LogP) is 17.7. The van der Waals surface area contributed by atoms with E-state index in [1.165, 1.54) is 66.8 Å². The molecule has 0 fully saturated rings. The lowest BCUT2D eigenvalue weighted by Gasteiger charge is -2.38. The van der Waals surface area contributed by atoms with Crippen molar-refractivity contribution in [3.63, 3.8) is 0 Å². The van der Waals surface area contributed by atoms with Crippen LogP contribution in [0, 0.1) is 0 Å². The average Bonchev–Trinajstić information content (AvgIpc) is 3.43. The molecule has 0 saturated carbocycles. The molecule has 0 saturated heterocycles. The summed E-state index contributed by atoms with van der Waals surface area (Å²) in [6.07, 6.45) is 5.69. The fourth-order valence-electron chi connectivity index (χ4n) is 9.52. The minimum absolute atomic E-state index is 0.0568. The zero-order chi connectivity index (χ0) is 45.5. The van der Waals surface area contributed by atoms with Crippen molar-refractivity contribution in [2.24, 2.45) is 0 Å². The standard InChI is InChI=1S/C66H50N2/c1-6-16-49(17-7-1)54-26-28-59(29-27-54)60-46-65(67(61-38-30-55(31-39-61)50-18-8-2-9-19-50)62-40-32-56(33-41-62)51-20-10-3-11-21-51)48-66(47-60)68(63-42-34-57(35-43-63)52-22-12-4-13-23-52)64-44-36-58(37-45-64)53-24-14-5-15-25-53/h1-46,48,66H,47H2. The topological polar surface area (TPSA) is 6.48 Å². The van der Waals surface area contributed by atoms with Gasteiger partial charge in [0.15, 0.2) is 0 Å². The summed E-state index contributed by atoms with van der Waals surface area (Å²) >= 11 is 0. The first kappa shape index (κ1) is 41.9. The third kappa shape index (κ3) is 9.09. The Labute approximate surface area is 400 Å². The van der Waals surface area contributed by atoms with Gasteiger partial charge >= 0.3 is 0 Å². The lowest BCUT2D eigenvalue weighted by molar-refractivity contribution is 0.785. The van der Waals surface area contributed by atoms with Gasteiger partial charge in [-0.25, -0.2) is 0 Å². The third-order valence-electron chi connectivity index (χ3n) is 13.0. The molecule has 1 atom stereocenters. The van der Waals surface area contributed by atoms with Crippen LogP contribution in [0.25, 0.3) is 61.2 Å². The molecule has 68 heavy (non-hydrogen) atoms. The molecule has 1 aliphatic carbocycles. The van der Waals surface area contributed by atoms with E-state index in [1.807, 2.05) is 0 Å². The first-order valence-corrected chi connectivity index (χ1v) is 23.5. The molecule has 0 aromatic heterocycles. The summed E-state index contributed by atoms with van der Waals surface area (Å²) in [6.45, 7) is 0. The molecule has 10 aromatic rings. The van der Waals surface area contributed by atoms with E-state index < -0.39 is 0 Å². The van der Waals surface area contributed by atoms with Crippen molar-refractivity contribution in [2.45, 2.75) is 12.5 Å². The van der Waals surface area contributed by atoms with Gasteiger partial charge in [-0.2, -0.15) is 0 Å². The van der Waals surface area contributed by atoms with Crippen molar-refractivity contribution in [3.05, 3.63) is 296 Å². The number of anilines is 4. The van der Waals surface area contributed by atoms with Crippen molar-refractivity contribution in [1.29, 1.82) is 0 Å². The fourth-order valence-corrected chi connectivity index (χ4v) is 9.52. The van der Waals surface area contributed by atoms with E-state index in [4.69, 9.17) is 0 Å². The second-order valence-electron chi connectivity index (χ2n) is 17.3. The average molecular weight is 871 g/mol. The first-order valence-electron chi connectivity index (χ1n) is 23.5. The summed E-state index contributed by atoms with van der Waals surface area (Å²) in [5.74, 6) is 0. The van der Waals surface area contributed by atoms with Gasteiger partial charge < -0.3 is 9.80 Å². The van der Waals surface area contributed by atoms with Crippen LogP contribution in [0.3, 0.4) is 0 Å². The molecule has 0 heterocycles. The van der Waals surface area contributed by atoms with Gasteiger partial charge in [0.05, 0.1) is 6.04 Å².